The van der Waals surface area contributed by atoms with Gasteiger partial charge in [0.2, 0.25) is 0 Å². The second-order valence-corrected chi connectivity index (χ2v) is 5.90. The summed E-state index contributed by atoms with van der Waals surface area (Å²) in [6.07, 6.45) is -3.20. The number of β-amino-alcohol motifs (C(OH)–C–C–N with tert-alkyl or cyclic N) is 1. The van der Waals surface area contributed by atoms with Crippen molar-refractivity contribution in [1.82, 2.24) is 4.90 Å². The van der Waals surface area contributed by atoms with Crippen LogP contribution in [-0.4, -0.2) is 46.3 Å². The van der Waals surface area contributed by atoms with Crippen molar-refractivity contribution < 1.29 is 23.4 Å². The summed E-state index contributed by atoms with van der Waals surface area (Å²) in [5, 5.41) is 9.78. The minimum Gasteiger partial charge on any atom is -0.444 e. The van der Waals surface area contributed by atoms with E-state index in [1.807, 2.05) is 0 Å². The summed E-state index contributed by atoms with van der Waals surface area (Å²) in [5.74, 6) is 0. The Bertz CT molecular complexity index is 317. The second kappa shape index (κ2) is 4.99. The average Bonchev–Trinajstić information content (AvgIpc) is 2.19. The van der Waals surface area contributed by atoms with Crippen LogP contribution in [0.25, 0.3) is 0 Å². The van der Waals surface area contributed by atoms with Crippen LogP contribution in [0.2, 0.25) is 0 Å². The van der Waals surface area contributed by atoms with Crippen molar-refractivity contribution in [3.05, 3.63) is 0 Å². The first-order valence-electron chi connectivity index (χ1n) is 6.05. The average molecular weight is 265 g/mol. The Morgan fingerprint density at radius 2 is 2.06 bits per heavy atom. The van der Waals surface area contributed by atoms with Gasteiger partial charge in [-0.3, -0.25) is 0 Å². The van der Waals surface area contributed by atoms with Gasteiger partial charge in [0.25, 0.3) is 6.43 Å². The number of halogens is 2. The van der Waals surface area contributed by atoms with E-state index in [0.717, 1.165) is 0 Å². The van der Waals surface area contributed by atoms with E-state index in [-0.39, 0.29) is 19.0 Å². The number of carbonyl (C=O) groups is 1. The molecule has 1 saturated heterocycles. The Labute approximate surface area is 106 Å². The number of hydrogen-bond acceptors (Lipinski definition) is 3. The number of aliphatic hydroxyl groups is 1. The van der Waals surface area contributed by atoms with Crippen molar-refractivity contribution in [1.29, 1.82) is 0 Å². The van der Waals surface area contributed by atoms with Gasteiger partial charge in [0.15, 0.2) is 0 Å². The van der Waals surface area contributed by atoms with Crippen molar-refractivity contribution in [2.45, 2.75) is 64.2 Å². The van der Waals surface area contributed by atoms with Gasteiger partial charge in [-0.25, -0.2) is 13.6 Å². The van der Waals surface area contributed by atoms with Gasteiger partial charge < -0.3 is 14.7 Å². The maximum Gasteiger partial charge on any atom is 0.410 e. The van der Waals surface area contributed by atoms with Crippen LogP contribution in [-0.2, 0) is 4.74 Å². The van der Waals surface area contributed by atoms with Crippen molar-refractivity contribution >= 4 is 6.09 Å². The Balaban J connectivity index is 2.77. The second-order valence-electron chi connectivity index (χ2n) is 5.90. The van der Waals surface area contributed by atoms with Crippen LogP contribution < -0.4 is 0 Å². The molecule has 0 aromatic carbocycles. The van der Waals surface area contributed by atoms with Crippen LogP contribution in [0.4, 0.5) is 13.6 Å². The first-order chi connectivity index (χ1) is 8.05. The van der Waals surface area contributed by atoms with E-state index in [1.165, 1.54) is 4.90 Å². The molecule has 106 valence electrons. The third kappa shape index (κ3) is 3.54. The Hall–Kier alpha value is -0.910. The summed E-state index contributed by atoms with van der Waals surface area (Å²) in [4.78, 5) is 13.1. The maximum absolute atomic E-state index is 12.8. The molecule has 0 aromatic rings. The molecule has 1 N–H and O–H groups in total. The molecule has 0 aromatic heterocycles. The molecule has 2 unspecified atom stereocenters. The molecule has 0 radical (unpaired) electrons. The van der Waals surface area contributed by atoms with Crippen LogP contribution in [0.3, 0.4) is 0 Å². The number of alkyl halides is 2. The zero-order valence-electron chi connectivity index (χ0n) is 11.2. The molecule has 18 heavy (non-hydrogen) atoms. The van der Waals surface area contributed by atoms with Crippen LogP contribution >= 0.6 is 0 Å². The largest absolute Gasteiger partial charge is 0.444 e. The number of carbonyl (C=O) groups excluding carboxylic acids is 1. The summed E-state index contributed by atoms with van der Waals surface area (Å²) in [6, 6.07) is -0.209. The molecule has 1 fully saturated rings. The number of nitrogens with zero attached hydrogens (tertiary/aromatic N) is 1. The van der Waals surface area contributed by atoms with Crippen molar-refractivity contribution in [2.24, 2.45) is 0 Å². The highest BCUT2D eigenvalue weighted by Gasteiger charge is 2.46. The third-order valence-electron chi connectivity index (χ3n) is 3.01. The molecule has 2 atom stereocenters. The van der Waals surface area contributed by atoms with E-state index in [1.54, 1.807) is 27.7 Å². The fraction of sp³-hybridized carbons (Fsp3) is 0.917. The number of piperidine rings is 1. The topological polar surface area (TPSA) is 49.8 Å². The first kappa shape index (κ1) is 15.1. The summed E-state index contributed by atoms with van der Waals surface area (Å²) in [7, 11) is 0. The summed E-state index contributed by atoms with van der Waals surface area (Å²) in [5.41, 5.74) is -2.80. The number of rotatable bonds is 1. The molecule has 0 spiro atoms. The first-order valence-corrected chi connectivity index (χ1v) is 6.05. The van der Waals surface area contributed by atoms with Gasteiger partial charge in [0.05, 0.1) is 6.54 Å². The molecular formula is C12H21F2NO3. The molecule has 1 amide bonds. The van der Waals surface area contributed by atoms with Gasteiger partial charge in [-0.1, -0.05) is 0 Å². The van der Waals surface area contributed by atoms with Crippen LogP contribution in [0, 0.1) is 0 Å². The lowest BCUT2D eigenvalue weighted by Gasteiger charge is -2.42. The van der Waals surface area contributed by atoms with E-state index in [0.29, 0.717) is 6.42 Å². The number of likely N-dealkylation sites (tertiary alicyclic amines) is 1. The molecule has 4 nitrogen and oxygen atoms in total. The van der Waals surface area contributed by atoms with E-state index in [9.17, 15) is 18.7 Å². The summed E-state index contributed by atoms with van der Waals surface area (Å²) in [6.45, 7) is 6.49. The van der Waals surface area contributed by atoms with Crippen molar-refractivity contribution in [3.63, 3.8) is 0 Å². The fourth-order valence-electron chi connectivity index (χ4n) is 1.89. The van der Waals surface area contributed by atoms with Crippen molar-refractivity contribution in [3.8, 4) is 0 Å². The normalized spacial score (nSPS) is 29.6. The van der Waals surface area contributed by atoms with Gasteiger partial charge in [-0.2, -0.15) is 0 Å². The highest BCUT2D eigenvalue weighted by Crippen LogP contribution is 2.31. The monoisotopic (exact) mass is 265 g/mol. The molecule has 1 rings (SSSR count). The van der Waals surface area contributed by atoms with E-state index in [2.05, 4.69) is 0 Å². The Morgan fingerprint density at radius 3 is 2.50 bits per heavy atom. The van der Waals surface area contributed by atoms with Crippen LogP contribution in [0.15, 0.2) is 0 Å². The lowest BCUT2D eigenvalue weighted by atomic mass is 9.90. The van der Waals surface area contributed by atoms with Gasteiger partial charge in [0, 0.05) is 6.04 Å². The predicted octanol–water partition coefficient (Wildman–Crippen LogP) is 2.40. The lowest BCUT2D eigenvalue weighted by molar-refractivity contribution is -0.137. The van der Waals surface area contributed by atoms with Gasteiger partial charge >= 0.3 is 6.09 Å². The van der Waals surface area contributed by atoms with Crippen molar-refractivity contribution in [2.75, 3.05) is 6.54 Å². The number of ether oxygens (including phenoxy) is 1. The molecule has 0 aliphatic carbocycles. The summed E-state index contributed by atoms with van der Waals surface area (Å²) >= 11 is 0. The Morgan fingerprint density at radius 1 is 1.50 bits per heavy atom. The zero-order valence-corrected chi connectivity index (χ0v) is 11.2. The highest BCUT2D eigenvalue weighted by atomic mass is 19.3. The minimum absolute atomic E-state index is 0.00880. The third-order valence-corrected chi connectivity index (χ3v) is 3.01. The zero-order chi connectivity index (χ0) is 14.1. The molecule has 1 heterocycles. The molecule has 0 saturated carbocycles. The van der Waals surface area contributed by atoms with E-state index >= 15 is 0 Å². The van der Waals surface area contributed by atoms with Gasteiger partial charge in [-0.05, 0) is 40.5 Å². The Kier molecular flexibility index (Phi) is 4.20. The SMILES string of the molecule is CC1CCC(O)(C(F)F)CN1C(=O)OC(C)(C)C. The minimum atomic E-state index is -2.87. The molecule has 1 aliphatic rings. The van der Waals surface area contributed by atoms with E-state index < -0.39 is 23.7 Å². The van der Waals surface area contributed by atoms with Gasteiger partial charge in [-0.15, -0.1) is 0 Å². The quantitative estimate of drug-likeness (QED) is 0.792. The van der Waals surface area contributed by atoms with Crippen LogP contribution in [0.5, 0.6) is 0 Å². The predicted molar refractivity (Wildman–Crippen MR) is 62.6 cm³/mol. The maximum atomic E-state index is 12.8. The van der Waals surface area contributed by atoms with E-state index in [4.69, 9.17) is 4.74 Å². The highest BCUT2D eigenvalue weighted by molar-refractivity contribution is 5.68. The lowest BCUT2D eigenvalue weighted by Crippen LogP contribution is -2.57. The molecular weight excluding hydrogens is 244 g/mol. The number of hydrogen-bond donors (Lipinski definition) is 1. The standard InChI is InChI=1S/C12H21F2NO3/c1-8-5-6-12(17,9(13)14)7-15(8)10(16)18-11(2,3)4/h8-9,17H,5-7H2,1-4H3. The number of amides is 1. The summed E-state index contributed by atoms with van der Waals surface area (Å²) < 4.78 is 30.7. The smallest absolute Gasteiger partial charge is 0.410 e. The van der Waals surface area contributed by atoms with Crippen LogP contribution in [0.1, 0.15) is 40.5 Å². The fourth-order valence-corrected chi connectivity index (χ4v) is 1.89. The molecule has 6 heteroatoms. The molecule has 0 bridgehead atoms. The molecule has 1 aliphatic heterocycles. The van der Waals surface area contributed by atoms with Gasteiger partial charge in [0.1, 0.15) is 11.2 Å².